The molecule has 0 aromatic heterocycles. The molecule has 1 aromatic rings. The second kappa shape index (κ2) is 6.36. The molecule has 0 radical (unpaired) electrons. The van der Waals surface area contributed by atoms with Crippen LogP contribution in [-0.4, -0.2) is 48.3 Å². The molecule has 6 rings (SSSR count). The standard InChI is InChI=1S/C20H20F3N3O4/c21-13-3-10(4-14(22)16(13)12-1-2-15(27)24-17(12)28)26-5-11(6-26)30-18(29)25-20-7-19(23,8-20)9-20/h3-4,11-12H,1-2,5-9H2,(H,25,29)(H,24,27,28). The summed E-state index contributed by atoms with van der Waals surface area (Å²) < 4.78 is 48.0. The summed E-state index contributed by atoms with van der Waals surface area (Å²) in [5.74, 6) is -3.92. The largest absolute Gasteiger partial charge is 0.442 e. The molecule has 1 aromatic carbocycles. The lowest BCUT2D eigenvalue weighted by Gasteiger charge is -2.65. The highest BCUT2D eigenvalue weighted by atomic mass is 19.1. The first-order valence-electron chi connectivity index (χ1n) is 9.91. The van der Waals surface area contributed by atoms with Crippen LogP contribution in [-0.2, 0) is 14.3 Å². The zero-order valence-electron chi connectivity index (χ0n) is 16.0. The molecular weight excluding hydrogens is 403 g/mol. The smallest absolute Gasteiger partial charge is 0.407 e. The minimum atomic E-state index is -1.12. The van der Waals surface area contributed by atoms with E-state index in [2.05, 4.69) is 10.6 Å². The van der Waals surface area contributed by atoms with Crippen LogP contribution in [0.2, 0.25) is 0 Å². The first-order valence-corrected chi connectivity index (χ1v) is 9.91. The van der Waals surface area contributed by atoms with E-state index in [4.69, 9.17) is 4.74 Å². The Bertz CT molecular complexity index is 920. The van der Waals surface area contributed by atoms with Crippen LogP contribution in [0.3, 0.4) is 0 Å². The molecule has 2 N–H and O–H groups in total. The Morgan fingerprint density at radius 3 is 2.37 bits per heavy atom. The van der Waals surface area contributed by atoms with Gasteiger partial charge in [-0.05, 0) is 18.6 Å². The van der Waals surface area contributed by atoms with Crippen molar-refractivity contribution in [2.45, 2.75) is 55.3 Å². The highest BCUT2D eigenvalue weighted by Crippen LogP contribution is 2.62. The molecule has 0 spiro atoms. The first-order chi connectivity index (χ1) is 14.2. The number of carbonyl (C=O) groups is 3. The van der Waals surface area contributed by atoms with Crippen LogP contribution in [0, 0.1) is 11.6 Å². The molecule has 2 aliphatic heterocycles. The summed E-state index contributed by atoms with van der Waals surface area (Å²) in [7, 11) is 0. The SMILES string of the molecule is O=C1CCC(c2c(F)cc(N3CC(OC(=O)NC45CC(F)(C4)C5)C3)cc2F)C(=O)N1. The van der Waals surface area contributed by atoms with Gasteiger partial charge >= 0.3 is 6.09 Å². The van der Waals surface area contributed by atoms with E-state index in [1.165, 1.54) is 0 Å². The normalized spacial score (nSPS) is 32.5. The number of ether oxygens (including phenoxy) is 1. The first kappa shape index (κ1) is 19.2. The van der Waals surface area contributed by atoms with Crippen LogP contribution < -0.4 is 15.5 Å². The molecule has 10 heteroatoms. The van der Waals surface area contributed by atoms with Gasteiger partial charge in [-0.1, -0.05) is 0 Å². The molecule has 2 saturated heterocycles. The third-order valence-electron chi connectivity index (χ3n) is 6.47. The number of benzene rings is 1. The number of nitrogens with zero attached hydrogens (tertiary/aromatic N) is 1. The van der Waals surface area contributed by atoms with Crippen molar-refractivity contribution < 1.29 is 32.3 Å². The van der Waals surface area contributed by atoms with Crippen molar-refractivity contribution in [3.8, 4) is 0 Å². The fraction of sp³-hybridized carbons (Fsp3) is 0.550. The molecule has 1 unspecified atom stereocenters. The maximum absolute atomic E-state index is 14.6. The fourth-order valence-corrected chi connectivity index (χ4v) is 4.97. The molecular formula is C20H20F3N3O4. The van der Waals surface area contributed by atoms with Gasteiger partial charge in [-0.3, -0.25) is 14.9 Å². The molecule has 5 fully saturated rings. The van der Waals surface area contributed by atoms with Gasteiger partial charge in [-0.15, -0.1) is 0 Å². The highest BCUT2D eigenvalue weighted by Gasteiger charge is 2.70. The maximum Gasteiger partial charge on any atom is 0.407 e. The Hall–Kier alpha value is -2.78. The topological polar surface area (TPSA) is 87.7 Å². The Labute approximate surface area is 169 Å². The van der Waals surface area contributed by atoms with Gasteiger partial charge in [0.15, 0.2) is 0 Å². The Morgan fingerprint density at radius 2 is 1.80 bits per heavy atom. The summed E-state index contributed by atoms with van der Waals surface area (Å²) >= 11 is 0. The van der Waals surface area contributed by atoms with Gasteiger partial charge in [0.2, 0.25) is 11.8 Å². The second-order valence-electron chi connectivity index (χ2n) is 8.85. The average Bonchev–Trinajstić information content (AvgIpc) is 2.56. The lowest BCUT2D eigenvalue weighted by Crippen LogP contribution is -2.77. The average molecular weight is 423 g/mol. The van der Waals surface area contributed by atoms with Crippen molar-refractivity contribution >= 4 is 23.6 Å². The molecule has 2 heterocycles. The number of imide groups is 1. The van der Waals surface area contributed by atoms with Crippen LogP contribution in [0.15, 0.2) is 12.1 Å². The van der Waals surface area contributed by atoms with E-state index in [-0.39, 0.29) is 37.2 Å². The molecule has 2 bridgehead atoms. The van der Waals surface area contributed by atoms with E-state index in [0.29, 0.717) is 19.3 Å². The van der Waals surface area contributed by atoms with Crippen LogP contribution in [0.5, 0.6) is 0 Å². The van der Waals surface area contributed by atoms with Gasteiger partial charge in [0.1, 0.15) is 23.4 Å². The molecule has 160 valence electrons. The van der Waals surface area contributed by atoms with Crippen molar-refractivity contribution in [3.63, 3.8) is 0 Å². The predicted octanol–water partition coefficient (Wildman–Crippen LogP) is 2.04. The number of hydrogen-bond donors (Lipinski definition) is 2. The molecule has 3 aliphatic carbocycles. The molecule has 30 heavy (non-hydrogen) atoms. The number of alkyl carbamates (subject to hydrolysis) is 1. The molecule has 7 nitrogen and oxygen atoms in total. The van der Waals surface area contributed by atoms with Crippen molar-refractivity contribution in [2.24, 2.45) is 0 Å². The predicted molar refractivity (Wildman–Crippen MR) is 97.5 cm³/mol. The van der Waals surface area contributed by atoms with Crippen LogP contribution in [0.1, 0.15) is 43.6 Å². The van der Waals surface area contributed by atoms with Gasteiger partial charge in [0, 0.05) is 36.9 Å². The number of halogens is 3. The Kier molecular flexibility index (Phi) is 4.07. The number of hydrogen-bond acceptors (Lipinski definition) is 5. The van der Waals surface area contributed by atoms with E-state index < -0.39 is 52.8 Å². The van der Waals surface area contributed by atoms with Crippen molar-refractivity contribution in [1.29, 1.82) is 0 Å². The summed E-state index contributed by atoms with van der Waals surface area (Å²) in [4.78, 5) is 36.8. The molecule has 3 saturated carbocycles. The van der Waals surface area contributed by atoms with Crippen molar-refractivity contribution in [2.75, 3.05) is 18.0 Å². The zero-order valence-corrected chi connectivity index (χ0v) is 16.0. The van der Waals surface area contributed by atoms with Crippen LogP contribution in [0.4, 0.5) is 23.7 Å². The second-order valence-corrected chi connectivity index (χ2v) is 8.85. The summed E-state index contributed by atoms with van der Waals surface area (Å²) in [5.41, 5.74) is -1.65. The van der Waals surface area contributed by atoms with E-state index in [0.717, 1.165) is 12.1 Å². The van der Waals surface area contributed by atoms with Crippen LogP contribution >= 0.6 is 0 Å². The summed E-state index contributed by atoms with van der Waals surface area (Å²) in [6, 6.07) is 2.28. The minimum Gasteiger partial charge on any atom is -0.442 e. The number of amides is 3. The van der Waals surface area contributed by atoms with E-state index in [1.807, 2.05) is 0 Å². The summed E-state index contributed by atoms with van der Waals surface area (Å²) in [6.07, 6.45) is 0.0116. The quantitative estimate of drug-likeness (QED) is 0.724. The van der Waals surface area contributed by atoms with Gasteiger partial charge < -0.3 is 15.0 Å². The number of anilines is 1. The van der Waals surface area contributed by atoms with Crippen LogP contribution in [0.25, 0.3) is 0 Å². The van der Waals surface area contributed by atoms with Gasteiger partial charge in [-0.2, -0.15) is 0 Å². The third kappa shape index (κ3) is 3.09. The van der Waals surface area contributed by atoms with E-state index >= 15 is 0 Å². The van der Waals surface area contributed by atoms with Crippen molar-refractivity contribution in [3.05, 3.63) is 29.3 Å². The molecule has 1 atom stereocenters. The van der Waals surface area contributed by atoms with Gasteiger partial charge in [0.05, 0.1) is 24.5 Å². The lowest BCUT2D eigenvalue weighted by atomic mass is 9.47. The molecule has 3 amide bonds. The lowest BCUT2D eigenvalue weighted by molar-refractivity contribution is -0.165. The molecule has 5 aliphatic rings. The maximum atomic E-state index is 14.6. The number of alkyl halides is 1. The van der Waals surface area contributed by atoms with Gasteiger partial charge in [-0.25, -0.2) is 18.0 Å². The Morgan fingerprint density at radius 1 is 1.17 bits per heavy atom. The van der Waals surface area contributed by atoms with Gasteiger partial charge in [0.25, 0.3) is 0 Å². The number of carbonyl (C=O) groups excluding carboxylic acids is 3. The number of piperidine rings is 1. The van der Waals surface area contributed by atoms with E-state index in [9.17, 15) is 27.6 Å². The minimum absolute atomic E-state index is 0.0256. The fourth-order valence-electron chi connectivity index (χ4n) is 4.97. The monoisotopic (exact) mass is 423 g/mol. The highest BCUT2D eigenvalue weighted by molar-refractivity contribution is 6.01. The Balaban J connectivity index is 1.18. The summed E-state index contributed by atoms with van der Waals surface area (Å²) in [5, 5.41) is 4.80. The van der Waals surface area contributed by atoms with E-state index in [1.54, 1.807) is 4.90 Å². The third-order valence-corrected chi connectivity index (χ3v) is 6.47. The van der Waals surface area contributed by atoms with Crippen molar-refractivity contribution in [1.82, 2.24) is 10.6 Å². The summed E-state index contributed by atoms with van der Waals surface area (Å²) in [6.45, 7) is 0.536. The number of rotatable bonds is 4. The zero-order chi connectivity index (χ0) is 21.3. The number of nitrogens with one attached hydrogen (secondary N) is 2.